The van der Waals surface area contributed by atoms with Gasteiger partial charge in [-0.05, 0) is 44.5 Å². The molecule has 1 saturated heterocycles. The zero-order valence-electron chi connectivity index (χ0n) is 11.2. The number of carbonyl (C=O) groups is 1. The average molecular weight is 282 g/mol. The minimum atomic E-state index is -0.148. The van der Waals surface area contributed by atoms with E-state index in [0.717, 1.165) is 19.5 Å². The first-order valence-electron chi connectivity index (χ1n) is 6.58. The number of halogens is 1. The van der Waals surface area contributed by atoms with Gasteiger partial charge in [-0.15, -0.1) is 0 Å². The summed E-state index contributed by atoms with van der Waals surface area (Å²) in [5.74, 6) is 0.369. The van der Waals surface area contributed by atoms with Gasteiger partial charge in [0.2, 0.25) is 0 Å². The normalized spacial score (nSPS) is 20.2. The smallest absolute Gasteiger partial charge is 0.252 e. The second kappa shape index (κ2) is 6.26. The largest absolute Gasteiger partial charge is 0.398 e. The first kappa shape index (κ1) is 14.2. The Morgan fingerprint density at radius 2 is 2.37 bits per heavy atom. The van der Waals surface area contributed by atoms with Crippen LogP contribution in [-0.4, -0.2) is 37.5 Å². The van der Waals surface area contributed by atoms with Gasteiger partial charge in [0, 0.05) is 13.1 Å². The minimum absolute atomic E-state index is 0.148. The molecule has 0 aliphatic carbocycles. The van der Waals surface area contributed by atoms with Gasteiger partial charge in [-0.25, -0.2) is 0 Å². The number of likely N-dealkylation sites (tertiary alicyclic amines) is 1. The maximum atomic E-state index is 12.1. The Hall–Kier alpha value is -1.26. The van der Waals surface area contributed by atoms with Gasteiger partial charge < -0.3 is 16.0 Å². The number of carbonyl (C=O) groups excluding carboxylic acids is 1. The van der Waals surface area contributed by atoms with Crippen LogP contribution in [0.5, 0.6) is 0 Å². The molecule has 1 aliphatic rings. The summed E-state index contributed by atoms with van der Waals surface area (Å²) in [7, 11) is 2.11. The van der Waals surface area contributed by atoms with Crippen LogP contribution in [0.15, 0.2) is 18.2 Å². The molecule has 1 aromatic rings. The van der Waals surface area contributed by atoms with Crippen LogP contribution in [0.25, 0.3) is 0 Å². The third-order valence-electron chi connectivity index (χ3n) is 3.55. The highest BCUT2D eigenvalue weighted by Crippen LogP contribution is 2.23. The van der Waals surface area contributed by atoms with E-state index in [1.807, 2.05) is 0 Å². The van der Waals surface area contributed by atoms with Gasteiger partial charge in [0.15, 0.2) is 0 Å². The quantitative estimate of drug-likeness (QED) is 0.833. The van der Waals surface area contributed by atoms with Crippen LogP contribution in [-0.2, 0) is 0 Å². The van der Waals surface area contributed by atoms with Crippen molar-refractivity contribution in [1.29, 1.82) is 0 Å². The van der Waals surface area contributed by atoms with Crippen molar-refractivity contribution in [3.63, 3.8) is 0 Å². The van der Waals surface area contributed by atoms with Gasteiger partial charge in [-0.2, -0.15) is 0 Å². The van der Waals surface area contributed by atoms with Gasteiger partial charge in [0.05, 0.1) is 16.3 Å². The van der Waals surface area contributed by atoms with Crippen molar-refractivity contribution in [2.45, 2.75) is 12.8 Å². The molecule has 1 fully saturated rings. The fourth-order valence-corrected chi connectivity index (χ4v) is 2.71. The molecule has 1 aromatic carbocycles. The Labute approximate surface area is 118 Å². The van der Waals surface area contributed by atoms with E-state index in [9.17, 15) is 4.79 Å². The summed E-state index contributed by atoms with van der Waals surface area (Å²) in [6.45, 7) is 2.87. The van der Waals surface area contributed by atoms with Crippen molar-refractivity contribution >= 4 is 23.2 Å². The molecule has 1 heterocycles. The molecule has 5 heteroatoms. The molecule has 0 aromatic heterocycles. The lowest BCUT2D eigenvalue weighted by molar-refractivity contribution is 0.0937. The van der Waals surface area contributed by atoms with E-state index in [-0.39, 0.29) is 5.91 Å². The maximum absolute atomic E-state index is 12.1. The number of nitrogen functional groups attached to an aromatic ring is 1. The van der Waals surface area contributed by atoms with E-state index in [4.69, 9.17) is 17.3 Å². The molecule has 0 radical (unpaired) electrons. The number of nitrogens with zero attached hydrogens (tertiary/aromatic N) is 1. The summed E-state index contributed by atoms with van der Waals surface area (Å²) in [6, 6.07) is 5.13. The van der Waals surface area contributed by atoms with Crippen molar-refractivity contribution in [3.8, 4) is 0 Å². The molecule has 2 rings (SSSR count). The number of nitrogens with two attached hydrogens (primary N) is 1. The highest BCUT2D eigenvalue weighted by Gasteiger charge is 2.19. The van der Waals surface area contributed by atoms with Crippen LogP contribution in [0.2, 0.25) is 5.02 Å². The van der Waals surface area contributed by atoms with Crippen LogP contribution in [0.3, 0.4) is 0 Å². The summed E-state index contributed by atoms with van der Waals surface area (Å²) in [6.07, 6.45) is 2.35. The Kier molecular flexibility index (Phi) is 4.66. The number of hydrogen-bond acceptors (Lipinski definition) is 3. The van der Waals surface area contributed by atoms with Gasteiger partial charge in [0.25, 0.3) is 5.91 Å². The zero-order valence-corrected chi connectivity index (χ0v) is 11.9. The van der Waals surface area contributed by atoms with E-state index >= 15 is 0 Å². The third-order valence-corrected chi connectivity index (χ3v) is 3.97. The second-order valence-corrected chi connectivity index (χ2v) is 5.57. The minimum Gasteiger partial charge on any atom is -0.398 e. The van der Waals surface area contributed by atoms with Crippen molar-refractivity contribution in [2.75, 3.05) is 32.4 Å². The summed E-state index contributed by atoms with van der Waals surface area (Å²) in [5.41, 5.74) is 6.58. The fraction of sp³-hybridized carbons (Fsp3) is 0.500. The van der Waals surface area contributed by atoms with Crippen molar-refractivity contribution in [1.82, 2.24) is 10.2 Å². The Morgan fingerprint density at radius 3 is 3.11 bits per heavy atom. The maximum Gasteiger partial charge on any atom is 0.252 e. The molecule has 19 heavy (non-hydrogen) atoms. The number of anilines is 1. The van der Waals surface area contributed by atoms with Gasteiger partial charge in [-0.3, -0.25) is 4.79 Å². The summed E-state index contributed by atoms with van der Waals surface area (Å²) < 4.78 is 0. The molecule has 104 valence electrons. The fourth-order valence-electron chi connectivity index (χ4n) is 2.50. The average Bonchev–Trinajstić information content (AvgIpc) is 2.39. The van der Waals surface area contributed by atoms with E-state index in [0.29, 0.717) is 28.7 Å². The standard InChI is InChI=1S/C14H20ClN3O/c1-18-7-3-4-10(9-18)8-17-14(19)11-5-2-6-12(16)13(11)15/h2,5-6,10H,3-4,7-9,16H2,1H3,(H,17,19). The molecule has 1 aliphatic heterocycles. The predicted molar refractivity (Wildman–Crippen MR) is 78.4 cm³/mol. The first-order valence-corrected chi connectivity index (χ1v) is 6.96. The molecule has 4 nitrogen and oxygen atoms in total. The van der Waals surface area contributed by atoms with E-state index in [1.54, 1.807) is 18.2 Å². The number of benzene rings is 1. The second-order valence-electron chi connectivity index (χ2n) is 5.19. The third kappa shape index (κ3) is 3.61. The van der Waals surface area contributed by atoms with Crippen molar-refractivity contribution in [2.24, 2.45) is 5.92 Å². The van der Waals surface area contributed by atoms with Crippen LogP contribution >= 0.6 is 11.6 Å². The summed E-state index contributed by atoms with van der Waals surface area (Å²) in [4.78, 5) is 14.4. The molecule has 3 N–H and O–H groups in total. The molecule has 1 amide bonds. The summed E-state index contributed by atoms with van der Waals surface area (Å²) >= 11 is 6.04. The molecule has 0 bridgehead atoms. The van der Waals surface area contributed by atoms with Crippen LogP contribution in [0.1, 0.15) is 23.2 Å². The van der Waals surface area contributed by atoms with E-state index in [1.165, 1.54) is 6.42 Å². The first-order chi connectivity index (χ1) is 9.08. The lowest BCUT2D eigenvalue weighted by atomic mass is 9.98. The van der Waals surface area contributed by atoms with Gasteiger partial charge in [-0.1, -0.05) is 17.7 Å². The lowest BCUT2D eigenvalue weighted by Gasteiger charge is -2.29. The molecular formula is C14H20ClN3O. The zero-order chi connectivity index (χ0) is 13.8. The van der Waals surface area contributed by atoms with Crippen LogP contribution in [0.4, 0.5) is 5.69 Å². The number of nitrogens with one attached hydrogen (secondary N) is 1. The number of amides is 1. The molecule has 1 unspecified atom stereocenters. The predicted octanol–water partition coefficient (Wildman–Crippen LogP) is 1.99. The number of piperidine rings is 1. The number of rotatable bonds is 3. The van der Waals surface area contributed by atoms with Crippen molar-refractivity contribution < 1.29 is 4.79 Å². The Bertz CT molecular complexity index is 464. The topological polar surface area (TPSA) is 58.4 Å². The highest BCUT2D eigenvalue weighted by atomic mass is 35.5. The number of hydrogen-bond donors (Lipinski definition) is 2. The Balaban J connectivity index is 1.92. The van der Waals surface area contributed by atoms with Gasteiger partial charge in [0.1, 0.15) is 0 Å². The Morgan fingerprint density at radius 1 is 1.58 bits per heavy atom. The van der Waals surface area contributed by atoms with E-state index < -0.39 is 0 Å². The molecular weight excluding hydrogens is 262 g/mol. The summed E-state index contributed by atoms with van der Waals surface area (Å²) in [5, 5.41) is 3.29. The highest BCUT2D eigenvalue weighted by molar-refractivity contribution is 6.36. The van der Waals surface area contributed by atoms with Crippen LogP contribution < -0.4 is 11.1 Å². The van der Waals surface area contributed by atoms with Crippen LogP contribution in [0, 0.1) is 5.92 Å². The van der Waals surface area contributed by atoms with Crippen molar-refractivity contribution in [3.05, 3.63) is 28.8 Å². The van der Waals surface area contributed by atoms with E-state index in [2.05, 4.69) is 17.3 Å². The SMILES string of the molecule is CN1CCCC(CNC(=O)c2cccc(N)c2Cl)C1. The monoisotopic (exact) mass is 281 g/mol. The van der Waals surface area contributed by atoms with Gasteiger partial charge >= 0.3 is 0 Å². The molecule has 0 saturated carbocycles. The molecule has 1 atom stereocenters. The molecule has 0 spiro atoms. The lowest BCUT2D eigenvalue weighted by Crippen LogP contribution is -2.39.